The number of amides is 1. The topological polar surface area (TPSA) is 67.9 Å². The van der Waals surface area contributed by atoms with Crippen LogP contribution >= 0.6 is 0 Å². The normalized spacial score (nSPS) is 13.9. The molecule has 0 spiro atoms. The van der Waals surface area contributed by atoms with Crippen molar-refractivity contribution in [2.45, 2.75) is 13.8 Å². The average molecular weight is 368 g/mol. The Bertz CT molecular complexity index is 811. The van der Waals surface area contributed by atoms with Gasteiger partial charge >= 0.3 is 5.97 Å². The average Bonchev–Trinajstić information content (AvgIpc) is 2.69. The van der Waals surface area contributed by atoms with Crippen LogP contribution in [0.5, 0.6) is 0 Å². The molecule has 0 unspecified atom stereocenters. The van der Waals surface area contributed by atoms with Crippen molar-refractivity contribution in [2.75, 3.05) is 43.1 Å². The molecule has 1 saturated heterocycles. The minimum Gasteiger partial charge on any atom is -0.462 e. The number of morpholine rings is 1. The molecule has 1 aliphatic heterocycles. The number of carbonyl (C=O) groups excluding carboxylic acids is 2. The fraction of sp³-hybridized carbons (Fsp3) is 0.333. The number of nitrogens with one attached hydrogen (secondary N) is 1. The number of carbonyl (C=O) groups is 2. The molecule has 3 rings (SSSR count). The van der Waals surface area contributed by atoms with Gasteiger partial charge in [0.15, 0.2) is 0 Å². The third-order valence-corrected chi connectivity index (χ3v) is 4.42. The minimum absolute atomic E-state index is 0.217. The van der Waals surface area contributed by atoms with Gasteiger partial charge in [-0.1, -0.05) is 17.7 Å². The molecule has 0 saturated carbocycles. The van der Waals surface area contributed by atoms with Crippen LogP contribution in [-0.4, -0.2) is 44.8 Å². The number of nitrogens with zero attached hydrogens (tertiary/aromatic N) is 1. The molecule has 0 radical (unpaired) electrons. The molecule has 6 nitrogen and oxygen atoms in total. The van der Waals surface area contributed by atoms with Crippen molar-refractivity contribution in [1.29, 1.82) is 0 Å². The standard InChI is InChI=1S/C21H24N2O4/c1-3-27-21(25)17-8-9-19(23-10-12-26-13-11-23)18(14-17)22-20(24)16-6-4-15(2)5-7-16/h4-9,14H,3,10-13H2,1-2H3,(H,22,24). The number of anilines is 2. The Hall–Kier alpha value is -2.86. The minimum atomic E-state index is -0.406. The summed E-state index contributed by atoms with van der Waals surface area (Å²) >= 11 is 0. The number of rotatable bonds is 5. The molecule has 0 aromatic heterocycles. The smallest absolute Gasteiger partial charge is 0.338 e. The summed E-state index contributed by atoms with van der Waals surface area (Å²) in [4.78, 5) is 26.9. The zero-order valence-electron chi connectivity index (χ0n) is 15.7. The van der Waals surface area contributed by atoms with Gasteiger partial charge < -0.3 is 19.7 Å². The Kier molecular flexibility index (Phi) is 6.08. The summed E-state index contributed by atoms with van der Waals surface area (Å²) in [5.74, 6) is -0.623. The lowest BCUT2D eigenvalue weighted by Gasteiger charge is -2.30. The Morgan fingerprint density at radius 1 is 1.07 bits per heavy atom. The van der Waals surface area contributed by atoms with Crippen molar-refractivity contribution in [3.05, 3.63) is 59.2 Å². The van der Waals surface area contributed by atoms with Gasteiger partial charge in [0.05, 0.1) is 36.8 Å². The molecule has 1 heterocycles. The highest BCUT2D eigenvalue weighted by Gasteiger charge is 2.19. The first kappa shape index (κ1) is 18.9. The number of benzene rings is 2. The molecule has 1 N–H and O–H groups in total. The molecule has 6 heteroatoms. The second-order valence-electron chi connectivity index (χ2n) is 6.37. The van der Waals surface area contributed by atoms with Crippen LogP contribution in [0.2, 0.25) is 0 Å². The molecular formula is C21H24N2O4. The van der Waals surface area contributed by atoms with Crippen molar-refractivity contribution in [2.24, 2.45) is 0 Å². The molecule has 27 heavy (non-hydrogen) atoms. The van der Waals surface area contributed by atoms with E-state index in [-0.39, 0.29) is 5.91 Å². The molecular weight excluding hydrogens is 344 g/mol. The van der Waals surface area contributed by atoms with Gasteiger partial charge in [-0.15, -0.1) is 0 Å². The Labute approximate surface area is 159 Å². The summed E-state index contributed by atoms with van der Waals surface area (Å²) in [7, 11) is 0. The first-order valence-corrected chi connectivity index (χ1v) is 9.10. The van der Waals surface area contributed by atoms with Gasteiger partial charge in [-0.2, -0.15) is 0 Å². The van der Waals surface area contributed by atoms with Gasteiger partial charge in [-0.05, 0) is 44.2 Å². The Morgan fingerprint density at radius 3 is 2.41 bits per heavy atom. The van der Waals surface area contributed by atoms with Crippen molar-refractivity contribution < 1.29 is 19.1 Å². The Morgan fingerprint density at radius 2 is 1.74 bits per heavy atom. The SMILES string of the molecule is CCOC(=O)c1ccc(N2CCOCC2)c(NC(=O)c2ccc(C)cc2)c1. The van der Waals surface area contributed by atoms with E-state index in [0.29, 0.717) is 36.6 Å². The number of esters is 1. The van der Waals surface area contributed by atoms with E-state index in [4.69, 9.17) is 9.47 Å². The predicted molar refractivity (Wildman–Crippen MR) is 105 cm³/mol. The van der Waals surface area contributed by atoms with E-state index in [9.17, 15) is 9.59 Å². The highest BCUT2D eigenvalue weighted by atomic mass is 16.5. The van der Waals surface area contributed by atoms with Crippen LogP contribution in [0.3, 0.4) is 0 Å². The molecule has 0 aliphatic carbocycles. The maximum absolute atomic E-state index is 12.7. The number of aryl methyl sites for hydroxylation is 1. The first-order valence-electron chi connectivity index (χ1n) is 9.10. The van der Waals surface area contributed by atoms with E-state index in [0.717, 1.165) is 24.3 Å². The van der Waals surface area contributed by atoms with Gasteiger partial charge in [0.2, 0.25) is 0 Å². The van der Waals surface area contributed by atoms with Gasteiger partial charge in [0, 0.05) is 18.7 Å². The Balaban J connectivity index is 1.90. The van der Waals surface area contributed by atoms with Crippen LogP contribution in [0.15, 0.2) is 42.5 Å². The van der Waals surface area contributed by atoms with Gasteiger partial charge in [-0.3, -0.25) is 4.79 Å². The van der Waals surface area contributed by atoms with E-state index >= 15 is 0 Å². The van der Waals surface area contributed by atoms with E-state index in [1.807, 2.05) is 25.1 Å². The van der Waals surface area contributed by atoms with Crippen molar-refractivity contribution in [3.63, 3.8) is 0 Å². The quantitative estimate of drug-likeness (QED) is 0.821. The zero-order valence-corrected chi connectivity index (χ0v) is 15.7. The second kappa shape index (κ2) is 8.68. The van der Waals surface area contributed by atoms with E-state index < -0.39 is 5.97 Å². The highest BCUT2D eigenvalue weighted by molar-refractivity contribution is 6.06. The van der Waals surface area contributed by atoms with Crippen LogP contribution in [0.1, 0.15) is 33.2 Å². The molecule has 1 aliphatic rings. The third kappa shape index (κ3) is 4.65. The molecule has 2 aromatic rings. The number of ether oxygens (including phenoxy) is 2. The summed E-state index contributed by atoms with van der Waals surface area (Å²) < 4.78 is 10.5. The first-order chi connectivity index (χ1) is 13.1. The highest BCUT2D eigenvalue weighted by Crippen LogP contribution is 2.29. The largest absolute Gasteiger partial charge is 0.462 e. The molecule has 2 aromatic carbocycles. The summed E-state index contributed by atoms with van der Waals surface area (Å²) in [6.07, 6.45) is 0. The summed E-state index contributed by atoms with van der Waals surface area (Å²) in [6, 6.07) is 12.6. The van der Waals surface area contributed by atoms with Gasteiger partial charge in [-0.25, -0.2) is 4.79 Å². The van der Waals surface area contributed by atoms with E-state index in [2.05, 4.69) is 10.2 Å². The summed E-state index contributed by atoms with van der Waals surface area (Å²) in [6.45, 7) is 6.75. The lowest BCUT2D eigenvalue weighted by molar-refractivity contribution is 0.0526. The van der Waals surface area contributed by atoms with Crippen LogP contribution < -0.4 is 10.2 Å². The zero-order chi connectivity index (χ0) is 19.2. The summed E-state index contributed by atoms with van der Waals surface area (Å²) in [5, 5.41) is 2.95. The predicted octanol–water partition coefficient (Wildman–Crippen LogP) is 3.26. The maximum Gasteiger partial charge on any atom is 0.338 e. The molecule has 0 bridgehead atoms. The monoisotopic (exact) mass is 368 g/mol. The third-order valence-electron chi connectivity index (χ3n) is 4.42. The molecule has 1 fully saturated rings. The van der Waals surface area contributed by atoms with E-state index in [1.54, 1.807) is 31.2 Å². The lowest BCUT2D eigenvalue weighted by atomic mass is 10.1. The molecule has 142 valence electrons. The van der Waals surface area contributed by atoms with Crippen LogP contribution in [0, 0.1) is 6.92 Å². The fourth-order valence-corrected chi connectivity index (χ4v) is 2.96. The summed E-state index contributed by atoms with van der Waals surface area (Å²) in [5.41, 5.74) is 3.52. The van der Waals surface area contributed by atoms with Crippen LogP contribution in [0.25, 0.3) is 0 Å². The van der Waals surface area contributed by atoms with Crippen molar-refractivity contribution >= 4 is 23.3 Å². The number of hydrogen-bond acceptors (Lipinski definition) is 5. The van der Waals surface area contributed by atoms with E-state index in [1.165, 1.54) is 0 Å². The van der Waals surface area contributed by atoms with Gasteiger partial charge in [0.25, 0.3) is 5.91 Å². The van der Waals surface area contributed by atoms with Crippen LogP contribution in [0.4, 0.5) is 11.4 Å². The molecule has 0 atom stereocenters. The van der Waals surface area contributed by atoms with Crippen LogP contribution in [-0.2, 0) is 9.47 Å². The lowest BCUT2D eigenvalue weighted by Crippen LogP contribution is -2.36. The second-order valence-corrected chi connectivity index (χ2v) is 6.37. The van der Waals surface area contributed by atoms with Gasteiger partial charge in [0.1, 0.15) is 0 Å². The van der Waals surface area contributed by atoms with Crippen molar-refractivity contribution in [3.8, 4) is 0 Å². The fourth-order valence-electron chi connectivity index (χ4n) is 2.96. The number of hydrogen-bond donors (Lipinski definition) is 1. The maximum atomic E-state index is 12.7. The molecule has 1 amide bonds. The van der Waals surface area contributed by atoms with Crippen molar-refractivity contribution in [1.82, 2.24) is 0 Å².